The van der Waals surface area contributed by atoms with Gasteiger partial charge in [0.15, 0.2) is 0 Å². The van der Waals surface area contributed by atoms with Gasteiger partial charge in [-0.1, -0.05) is 77.0 Å². The molecule has 0 aromatic rings. The highest BCUT2D eigenvalue weighted by atomic mass is 33.1. The molecule has 0 aliphatic carbocycles. The van der Waals surface area contributed by atoms with Crippen molar-refractivity contribution in [3.63, 3.8) is 0 Å². The lowest BCUT2D eigenvalue weighted by Gasteiger charge is -2.31. The largest absolute Gasteiger partial charge is 0.338 e. The molecule has 0 bridgehead atoms. The zero-order valence-electron chi connectivity index (χ0n) is 31.5. The highest BCUT2D eigenvalue weighted by molar-refractivity contribution is 8.76. The number of carbonyl (C=O) groups excluding carboxylic acids is 1. The Bertz CT molecular complexity index is 556. The van der Waals surface area contributed by atoms with Crippen molar-refractivity contribution >= 4 is 39.3 Å². The Balaban J connectivity index is -0.000000543. The molecule has 0 saturated carbocycles. The molecule has 0 aliphatic heterocycles. The summed E-state index contributed by atoms with van der Waals surface area (Å²) in [4.78, 5) is 20.3. The molecular formula is C34H76N4OS3. The summed E-state index contributed by atoms with van der Waals surface area (Å²) in [6, 6.07) is 0.592. The van der Waals surface area contributed by atoms with Crippen molar-refractivity contribution < 1.29 is 4.79 Å². The molecule has 0 aliphatic rings. The Morgan fingerprint density at radius 2 is 0.952 bits per heavy atom. The minimum Gasteiger partial charge on any atom is -0.338 e. The number of rotatable bonds is 19. The van der Waals surface area contributed by atoms with Crippen LogP contribution in [0.3, 0.4) is 0 Å². The maximum absolute atomic E-state index is 11.8. The van der Waals surface area contributed by atoms with Gasteiger partial charge in [-0.25, -0.2) is 0 Å². The highest BCUT2D eigenvalue weighted by Gasteiger charge is 2.20. The number of hydrogen-bond donors (Lipinski definition) is 0. The van der Waals surface area contributed by atoms with Gasteiger partial charge in [0.2, 0.25) is 5.91 Å². The zero-order valence-corrected chi connectivity index (χ0v) is 33.9. The predicted octanol–water partition coefficient (Wildman–Crippen LogP) is 8.55. The molecule has 0 aromatic heterocycles. The number of thioether (sulfide) groups is 1. The lowest BCUT2D eigenvalue weighted by atomic mass is 10.0. The third-order valence-electron chi connectivity index (χ3n) is 6.66. The molecule has 0 unspecified atom stereocenters. The lowest BCUT2D eigenvalue weighted by molar-refractivity contribution is -0.135. The van der Waals surface area contributed by atoms with Gasteiger partial charge in [-0.05, 0) is 112 Å². The van der Waals surface area contributed by atoms with Crippen LogP contribution in [0.4, 0.5) is 0 Å². The van der Waals surface area contributed by atoms with Gasteiger partial charge in [-0.15, -0.1) is 0 Å². The van der Waals surface area contributed by atoms with Crippen LogP contribution < -0.4 is 0 Å². The second-order valence-corrected chi connectivity index (χ2v) is 18.1. The topological polar surface area (TPSA) is 30.0 Å². The van der Waals surface area contributed by atoms with E-state index in [0.717, 1.165) is 40.7 Å². The average molecular weight is 653 g/mol. The first kappa shape index (κ1) is 46.8. The monoisotopic (exact) mass is 653 g/mol. The first-order valence-electron chi connectivity index (χ1n) is 16.4. The molecule has 42 heavy (non-hydrogen) atoms. The SMILES string of the molecule is CC(C)C(SCCCN(C)C)C(C)C.CC(C)C(SSCCN(C)C)C(C)C.CC(C)N(C(=O)CCN(C)C)C(C)C. The molecule has 1 amide bonds. The fraction of sp³-hybridized carbons (Fsp3) is 0.971. The molecule has 5 nitrogen and oxygen atoms in total. The fourth-order valence-electron chi connectivity index (χ4n) is 4.71. The molecule has 0 radical (unpaired) electrons. The highest BCUT2D eigenvalue weighted by Crippen LogP contribution is 2.35. The average Bonchev–Trinajstić information content (AvgIpc) is 2.81. The van der Waals surface area contributed by atoms with E-state index in [2.05, 4.69) is 144 Å². The standard InChI is InChI=1S/C12H27NS.C11H24N2O.C11H25NS2/c1-10(2)12(11(3)4)14-9-7-8-13(5)6;1-9(2)13(10(3)4)11(14)7-8-12(5)6;1-9(2)11(10(3)4)14-13-8-7-12(5)6/h10-12H,7-9H2,1-6H3;9-10H,7-8H2,1-6H3;9-11H,7-8H2,1-6H3. The Kier molecular flexibility index (Phi) is 30.9. The van der Waals surface area contributed by atoms with E-state index in [1.165, 1.54) is 31.0 Å². The van der Waals surface area contributed by atoms with Crippen LogP contribution in [0, 0.1) is 23.7 Å². The van der Waals surface area contributed by atoms with Gasteiger partial charge < -0.3 is 19.6 Å². The summed E-state index contributed by atoms with van der Waals surface area (Å²) in [7, 11) is 16.6. The van der Waals surface area contributed by atoms with E-state index in [9.17, 15) is 4.79 Å². The van der Waals surface area contributed by atoms with E-state index in [-0.39, 0.29) is 5.91 Å². The molecule has 0 N–H and O–H groups in total. The van der Waals surface area contributed by atoms with Crippen molar-refractivity contribution in [1.29, 1.82) is 0 Å². The first-order valence-corrected chi connectivity index (χ1v) is 19.8. The molecule has 0 spiro atoms. The summed E-state index contributed by atoms with van der Waals surface area (Å²) in [6.07, 6.45) is 1.93. The van der Waals surface area contributed by atoms with Crippen LogP contribution in [0.5, 0.6) is 0 Å². The van der Waals surface area contributed by atoms with Crippen molar-refractivity contribution in [2.45, 2.75) is 119 Å². The summed E-state index contributed by atoms with van der Waals surface area (Å²) < 4.78 is 0. The van der Waals surface area contributed by atoms with Crippen molar-refractivity contribution in [3.05, 3.63) is 0 Å². The molecule has 256 valence electrons. The van der Waals surface area contributed by atoms with Crippen molar-refractivity contribution in [2.75, 3.05) is 73.4 Å². The molecule has 0 atom stereocenters. The molecule has 0 fully saturated rings. The number of nitrogens with zero attached hydrogens (tertiary/aromatic N) is 4. The van der Waals surface area contributed by atoms with Crippen LogP contribution in [0.1, 0.15) is 95.9 Å². The minimum atomic E-state index is 0.253. The summed E-state index contributed by atoms with van der Waals surface area (Å²) >= 11 is 2.15. The van der Waals surface area contributed by atoms with E-state index < -0.39 is 0 Å². The van der Waals surface area contributed by atoms with Crippen LogP contribution in [0.15, 0.2) is 0 Å². The third kappa shape index (κ3) is 27.9. The molecule has 0 rings (SSSR count). The maximum atomic E-state index is 11.8. The molecule has 8 heteroatoms. The van der Waals surface area contributed by atoms with Crippen LogP contribution in [-0.4, -0.2) is 122 Å². The van der Waals surface area contributed by atoms with Crippen LogP contribution in [0.25, 0.3) is 0 Å². The van der Waals surface area contributed by atoms with E-state index in [0.29, 0.717) is 18.5 Å². The maximum Gasteiger partial charge on any atom is 0.224 e. The quantitative estimate of drug-likeness (QED) is 0.102. The molecular weight excluding hydrogens is 577 g/mol. The van der Waals surface area contributed by atoms with Gasteiger partial charge in [-0.3, -0.25) is 4.79 Å². The Morgan fingerprint density at radius 1 is 0.548 bits per heavy atom. The molecule has 0 saturated heterocycles. The number of carbonyl (C=O) groups is 1. The second kappa shape index (κ2) is 27.7. The summed E-state index contributed by atoms with van der Waals surface area (Å²) in [5.41, 5.74) is 0. The Hall–Kier alpha value is 0.400. The predicted molar refractivity (Wildman–Crippen MR) is 201 cm³/mol. The van der Waals surface area contributed by atoms with Crippen molar-refractivity contribution in [2.24, 2.45) is 23.7 Å². The third-order valence-corrected chi connectivity index (χ3v) is 12.0. The van der Waals surface area contributed by atoms with E-state index in [1.807, 2.05) is 34.7 Å². The van der Waals surface area contributed by atoms with E-state index >= 15 is 0 Å². The normalized spacial score (nSPS) is 12.1. The van der Waals surface area contributed by atoms with Gasteiger partial charge in [0.1, 0.15) is 0 Å². The second-order valence-electron chi connectivity index (χ2n) is 14.2. The number of amides is 1. The van der Waals surface area contributed by atoms with Gasteiger partial charge in [0.05, 0.1) is 0 Å². The smallest absolute Gasteiger partial charge is 0.224 e. The Morgan fingerprint density at radius 3 is 1.29 bits per heavy atom. The minimum absolute atomic E-state index is 0.253. The van der Waals surface area contributed by atoms with Crippen LogP contribution in [-0.2, 0) is 4.79 Å². The van der Waals surface area contributed by atoms with E-state index in [1.54, 1.807) is 0 Å². The van der Waals surface area contributed by atoms with Gasteiger partial charge in [-0.2, -0.15) is 11.8 Å². The molecule has 0 heterocycles. The van der Waals surface area contributed by atoms with Crippen molar-refractivity contribution in [1.82, 2.24) is 19.6 Å². The lowest BCUT2D eigenvalue weighted by Crippen LogP contribution is -2.42. The van der Waals surface area contributed by atoms with Gasteiger partial charge in [0.25, 0.3) is 0 Å². The van der Waals surface area contributed by atoms with Crippen molar-refractivity contribution in [3.8, 4) is 0 Å². The fourth-order valence-corrected chi connectivity index (χ4v) is 9.51. The number of hydrogen-bond acceptors (Lipinski definition) is 7. The zero-order chi connectivity index (χ0) is 33.6. The summed E-state index contributed by atoms with van der Waals surface area (Å²) in [5.74, 6) is 5.97. The first-order chi connectivity index (χ1) is 19.3. The van der Waals surface area contributed by atoms with Crippen LogP contribution >= 0.6 is 33.3 Å². The van der Waals surface area contributed by atoms with E-state index in [4.69, 9.17) is 0 Å². The van der Waals surface area contributed by atoms with Crippen LogP contribution in [0.2, 0.25) is 0 Å². The summed E-state index contributed by atoms with van der Waals surface area (Å²) in [6.45, 7) is 30.1. The summed E-state index contributed by atoms with van der Waals surface area (Å²) in [5, 5.41) is 1.62. The Labute approximate surface area is 278 Å². The van der Waals surface area contributed by atoms with Gasteiger partial charge in [0, 0.05) is 47.8 Å². The molecule has 0 aromatic carbocycles. The van der Waals surface area contributed by atoms with Gasteiger partial charge >= 0.3 is 0 Å².